The van der Waals surface area contributed by atoms with E-state index in [1.165, 1.54) is 0 Å². The number of hydrogen-bond donors (Lipinski definition) is 2. The Morgan fingerprint density at radius 2 is 1.82 bits per heavy atom. The number of H-pyrrole nitrogens is 1. The van der Waals surface area contributed by atoms with Crippen molar-refractivity contribution in [2.75, 3.05) is 69.7 Å². The Morgan fingerprint density at radius 3 is 2.67 bits per heavy atom. The van der Waals surface area contributed by atoms with Crippen molar-refractivity contribution in [3.63, 3.8) is 0 Å². The van der Waals surface area contributed by atoms with Crippen LogP contribution in [0.15, 0.2) is 61.3 Å². The van der Waals surface area contributed by atoms with E-state index in [0.717, 1.165) is 71.0 Å². The standard InChI is InChI=1S/C29H31N9O2/c1-35-6-8-36(9-7-35)27-16-21(2-4-30-27)34-22-15-23-24(18-32-28(23)31-17-22)20-3-5-38-26(14-20)25(19-33-38)29(39)37-10-12-40-13-11-37/h2-5,14-19H,6-13H2,1H3,(H,30,34)(H,31,32). The predicted molar refractivity (Wildman–Crippen MR) is 154 cm³/mol. The Kier molecular flexibility index (Phi) is 6.29. The van der Waals surface area contributed by atoms with E-state index in [1.807, 2.05) is 47.9 Å². The molecule has 7 heterocycles. The molecule has 2 aliphatic rings. The number of nitrogens with zero attached hydrogens (tertiary/aromatic N) is 7. The first-order chi connectivity index (χ1) is 19.6. The van der Waals surface area contributed by atoms with Gasteiger partial charge in [0.05, 0.1) is 42.4 Å². The summed E-state index contributed by atoms with van der Waals surface area (Å²) < 4.78 is 7.16. The molecular formula is C29H31N9O2. The minimum Gasteiger partial charge on any atom is -0.378 e. The summed E-state index contributed by atoms with van der Waals surface area (Å²) in [5.74, 6) is 0.960. The van der Waals surface area contributed by atoms with Crippen molar-refractivity contribution >= 4 is 39.6 Å². The van der Waals surface area contributed by atoms with Gasteiger partial charge in [0.15, 0.2) is 0 Å². The third-order valence-corrected chi connectivity index (χ3v) is 7.75. The molecule has 0 bridgehead atoms. The third-order valence-electron chi connectivity index (χ3n) is 7.75. The lowest BCUT2D eigenvalue weighted by Gasteiger charge is -2.33. The number of anilines is 3. The first-order valence-corrected chi connectivity index (χ1v) is 13.6. The zero-order valence-corrected chi connectivity index (χ0v) is 22.4. The average molecular weight is 538 g/mol. The lowest BCUT2D eigenvalue weighted by atomic mass is 10.1. The SMILES string of the molecule is CN1CCN(c2cc(Nc3cnc4[nH]cc(-c5ccn6ncc(C(=O)N7CCOCC7)c6c5)c4c3)ccn2)CC1. The van der Waals surface area contributed by atoms with E-state index >= 15 is 0 Å². The molecule has 0 radical (unpaired) electrons. The summed E-state index contributed by atoms with van der Waals surface area (Å²) in [5, 5.41) is 8.92. The van der Waals surface area contributed by atoms with Crippen LogP contribution in [0, 0.1) is 0 Å². The van der Waals surface area contributed by atoms with Gasteiger partial charge in [-0.2, -0.15) is 5.10 Å². The van der Waals surface area contributed by atoms with Crippen molar-refractivity contribution in [3.8, 4) is 11.1 Å². The molecular weight excluding hydrogens is 506 g/mol. The summed E-state index contributed by atoms with van der Waals surface area (Å²) in [6.45, 7) is 6.30. The number of ether oxygens (including phenoxy) is 1. The molecule has 0 aliphatic carbocycles. The quantitative estimate of drug-likeness (QED) is 0.352. The number of hydrogen-bond acceptors (Lipinski definition) is 8. The maximum Gasteiger partial charge on any atom is 0.257 e. The molecule has 7 rings (SSSR count). The second kappa shape index (κ2) is 10.2. The highest BCUT2D eigenvalue weighted by atomic mass is 16.5. The Morgan fingerprint density at radius 1 is 0.975 bits per heavy atom. The van der Waals surface area contributed by atoms with Gasteiger partial charge in [-0.3, -0.25) is 4.79 Å². The van der Waals surface area contributed by atoms with Crippen molar-refractivity contribution in [3.05, 3.63) is 66.9 Å². The summed E-state index contributed by atoms with van der Waals surface area (Å²) in [6, 6.07) is 10.2. The van der Waals surface area contributed by atoms with Crippen LogP contribution in [-0.2, 0) is 4.74 Å². The van der Waals surface area contributed by atoms with E-state index in [0.29, 0.717) is 31.9 Å². The van der Waals surface area contributed by atoms with Crippen molar-refractivity contribution < 1.29 is 9.53 Å². The minimum atomic E-state index is -0.0178. The lowest BCUT2D eigenvalue weighted by Crippen LogP contribution is -2.44. The first-order valence-electron chi connectivity index (χ1n) is 13.6. The van der Waals surface area contributed by atoms with Crippen LogP contribution in [0.1, 0.15) is 10.4 Å². The number of likely N-dealkylation sites (N-methyl/N-ethyl adjacent to an activating group) is 1. The third kappa shape index (κ3) is 4.63. The van der Waals surface area contributed by atoms with Crippen molar-refractivity contribution in [2.45, 2.75) is 0 Å². The molecule has 204 valence electrons. The summed E-state index contributed by atoms with van der Waals surface area (Å²) >= 11 is 0. The average Bonchev–Trinajstić information content (AvgIpc) is 3.61. The number of nitrogens with one attached hydrogen (secondary N) is 2. The number of carbonyl (C=O) groups excluding carboxylic acids is 1. The van der Waals surface area contributed by atoms with Crippen LogP contribution < -0.4 is 10.2 Å². The molecule has 2 N–H and O–H groups in total. The van der Waals surface area contributed by atoms with Crippen LogP contribution in [0.3, 0.4) is 0 Å². The van der Waals surface area contributed by atoms with Crippen molar-refractivity contribution in [2.24, 2.45) is 0 Å². The minimum absolute atomic E-state index is 0.0178. The highest BCUT2D eigenvalue weighted by Gasteiger charge is 2.22. The molecule has 0 spiro atoms. The second-order valence-electron chi connectivity index (χ2n) is 10.3. The number of aromatic nitrogens is 5. The van der Waals surface area contributed by atoms with E-state index in [2.05, 4.69) is 54.3 Å². The number of rotatable bonds is 5. The fourth-order valence-corrected chi connectivity index (χ4v) is 5.43. The number of piperazine rings is 1. The number of pyridine rings is 3. The lowest BCUT2D eigenvalue weighted by molar-refractivity contribution is 0.0304. The van der Waals surface area contributed by atoms with Crippen LogP contribution >= 0.6 is 0 Å². The molecule has 1 amide bonds. The molecule has 0 unspecified atom stereocenters. The zero-order chi connectivity index (χ0) is 27.1. The maximum atomic E-state index is 13.2. The van der Waals surface area contributed by atoms with Crippen molar-refractivity contribution in [1.29, 1.82) is 0 Å². The number of aromatic amines is 1. The van der Waals surface area contributed by atoms with Crippen molar-refractivity contribution in [1.82, 2.24) is 34.4 Å². The number of amides is 1. The van der Waals surface area contributed by atoms with Gasteiger partial charge in [-0.1, -0.05) is 0 Å². The van der Waals surface area contributed by atoms with Gasteiger partial charge in [0.2, 0.25) is 0 Å². The first kappa shape index (κ1) is 24.6. The fraction of sp³-hybridized carbons (Fsp3) is 0.310. The molecule has 0 atom stereocenters. The van der Waals surface area contributed by atoms with E-state index in [9.17, 15) is 4.79 Å². The van der Waals surface area contributed by atoms with Gasteiger partial charge in [-0.15, -0.1) is 0 Å². The molecule has 5 aromatic rings. The summed E-state index contributed by atoms with van der Waals surface area (Å²) in [5.41, 5.74) is 6.01. The smallest absolute Gasteiger partial charge is 0.257 e. The van der Waals surface area contributed by atoms with Gasteiger partial charge >= 0.3 is 0 Å². The molecule has 0 aromatic carbocycles. The summed E-state index contributed by atoms with van der Waals surface area (Å²) in [7, 11) is 2.15. The van der Waals surface area contributed by atoms with E-state index in [-0.39, 0.29) is 5.91 Å². The zero-order valence-electron chi connectivity index (χ0n) is 22.4. The summed E-state index contributed by atoms with van der Waals surface area (Å²) in [6.07, 6.45) is 9.19. The Bertz CT molecular complexity index is 1680. The van der Waals surface area contributed by atoms with E-state index in [1.54, 1.807) is 10.7 Å². The van der Waals surface area contributed by atoms with Gasteiger partial charge in [-0.05, 0) is 36.9 Å². The second-order valence-corrected chi connectivity index (χ2v) is 10.3. The van der Waals surface area contributed by atoms with Crippen LogP contribution in [0.5, 0.6) is 0 Å². The van der Waals surface area contributed by atoms with Gasteiger partial charge in [-0.25, -0.2) is 14.5 Å². The van der Waals surface area contributed by atoms with E-state index in [4.69, 9.17) is 4.74 Å². The molecule has 11 heteroatoms. The van der Waals surface area contributed by atoms with Gasteiger partial charge in [0.25, 0.3) is 5.91 Å². The predicted octanol–water partition coefficient (Wildman–Crippen LogP) is 3.24. The van der Waals surface area contributed by atoms with Gasteiger partial charge in [0.1, 0.15) is 11.5 Å². The summed E-state index contributed by atoms with van der Waals surface area (Å²) in [4.78, 5) is 32.3. The largest absolute Gasteiger partial charge is 0.378 e. The Labute approximate surface area is 231 Å². The molecule has 2 aliphatic heterocycles. The number of fused-ring (bicyclic) bond motifs is 2. The fourth-order valence-electron chi connectivity index (χ4n) is 5.43. The molecule has 40 heavy (non-hydrogen) atoms. The number of carbonyl (C=O) groups is 1. The van der Waals surface area contributed by atoms with Crippen LogP contribution in [-0.4, -0.2) is 99.8 Å². The normalized spacial score (nSPS) is 16.6. The van der Waals surface area contributed by atoms with Crippen LogP contribution in [0.25, 0.3) is 27.7 Å². The molecule has 2 saturated heterocycles. The maximum absolute atomic E-state index is 13.2. The monoisotopic (exact) mass is 537 g/mol. The number of morpholine rings is 1. The molecule has 11 nitrogen and oxygen atoms in total. The van der Waals surface area contributed by atoms with E-state index < -0.39 is 0 Å². The molecule has 0 saturated carbocycles. The molecule has 5 aromatic heterocycles. The van der Waals surface area contributed by atoms with Crippen LogP contribution in [0.2, 0.25) is 0 Å². The molecule has 2 fully saturated rings. The highest BCUT2D eigenvalue weighted by molar-refractivity contribution is 6.02. The van der Waals surface area contributed by atoms with Gasteiger partial charge < -0.3 is 29.7 Å². The highest BCUT2D eigenvalue weighted by Crippen LogP contribution is 2.32. The van der Waals surface area contributed by atoms with Gasteiger partial charge in [0, 0.05) is 80.6 Å². The Hall–Kier alpha value is -4.48. The Balaban J connectivity index is 1.17. The topological polar surface area (TPSA) is 107 Å². The van der Waals surface area contributed by atoms with Crippen LogP contribution in [0.4, 0.5) is 17.2 Å².